The number of rotatable bonds is 2. The second kappa shape index (κ2) is 4.12. The predicted molar refractivity (Wildman–Crippen MR) is 66.6 cm³/mol. The molecule has 1 aliphatic carbocycles. The van der Waals surface area contributed by atoms with Gasteiger partial charge in [0.05, 0.1) is 13.2 Å². The highest BCUT2D eigenvalue weighted by atomic mass is 19.1. The van der Waals surface area contributed by atoms with E-state index in [1.165, 1.54) is 6.07 Å². The molecule has 1 atom stereocenters. The number of fused-ring (bicyclic) bond motifs is 1. The standard InChI is InChI=1S/C14H18FNO2/c1-9(16)14(5-6-14)10-3-4-11(15)13-12(10)17-7-2-8-18-13/h3-4,9H,2,5-8,16H2,1H3. The monoisotopic (exact) mass is 251 g/mol. The molecule has 98 valence electrons. The average Bonchev–Trinajstić information content (AvgIpc) is 3.13. The first-order valence-electron chi connectivity index (χ1n) is 6.49. The highest BCUT2D eigenvalue weighted by Crippen LogP contribution is 2.55. The van der Waals surface area contributed by atoms with E-state index >= 15 is 0 Å². The summed E-state index contributed by atoms with van der Waals surface area (Å²) in [6.07, 6.45) is 2.84. The molecule has 18 heavy (non-hydrogen) atoms. The van der Waals surface area contributed by atoms with E-state index in [4.69, 9.17) is 15.2 Å². The fourth-order valence-corrected chi connectivity index (χ4v) is 2.72. The summed E-state index contributed by atoms with van der Waals surface area (Å²) in [7, 11) is 0. The van der Waals surface area contributed by atoms with Gasteiger partial charge in [0.15, 0.2) is 17.3 Å². The van der Waals surface area contributed by atoms with Gasteiger partial charge in [-0.05, 0) is 25.8 Å². The molecule has 3 rings (SSSR count). The number of benzene rings is 1. The molecule has 1 fully saturated rings. The Labute approximate surface area is 106 Å². The van der Waals surface area contributed by atoms with E-state index in [1.807, 2.05) is 6.92 Å². The van der Waals surface area contributed by atoms with Crippen molar-refractivity contribution in [2.45, 2.75) is 37.6 Å². The SMILES string of the molecule is CC(N)C1(c2ccc(F)c3c2OCCCO3)CC1. The number of hydrogen-bond donors (Lipinski definition) is 1. The van der Waals surface area contributed by atoms with E-state index in [1.54, 1.807) is 6.07 Å². The second-order valence-electron chi connectivity index (χ2n) is 5.25. The van der Waals surface area contributed by atoms with Gasteiger partial charge in [0.1, 0.15) is 0 Å². The molecule has 4 heteroatoms. The molecular formula is C14H18FNO2. The average molecular weight is 251 g/mol. The highest BCUT2D eigenvalue weighted by Gasteiger charge is 2.50. The molecule has 3 nitrogen and oxygen atoms in total. The van der Waals surface area contributed by atoms with Crippen LogP contribution in [0.15, 0.2) is 12.1 Å². The zero-order chi connectivity index (χ0) is 12.8. The van der Waals surface area contributed by atoms with E-state index in [2.05, 4.69) is 0 Å². The summed E-state index contributed by atoms with van der Waals surface area (Å²) in [6, 6.07) is 3.31. The maximum absolute atomic E-state index is 13.8. The van der Waals surface area contributed by atoms with Crippen molar-refractivity contribution in [3.63, 3.8) is 0 Å². The van der Waals surface area contributed by atoms with Gasteiger partial charge in [-0.15, -0.1) is 0 Å². The summed E-state index contributed by atoms with van der Waals surface area (Å²) in [6.45, 7) is 3.07. The van der Waals surface area contributed by atoms with Crippen molar-refractivity contribution in [2.24, 2.45) is 5.73 Å². The first kappa shape index (κ1) is 11.8. The van der Waals surface area contributed by atoms with Crippen LogP contribution in [0, 0.1) is 5.82 Å². The zero-order valence-electron chi connectivity index (χ0n) is 10.5. The minimum atomic E-state index is -0.351. The number of ether oxygens (including phenoxy) is 2. The van der Waals surface area contributed by atoms with Gasteiger partial charge in [0.2, 0.25) is 0 Å². The second-order valence-corrected chi connectivity index (χ2v) is 5.25. The Balaban J connectivity index is 2.11. The van der Waals surface area contributed by atoms with Crippen molar-refractivity contribution < 1.29 is 13.9 Å². The van der Waals surface area contributed by atoms with Gasteiger partial charge in [-0.25, -0.2) is 4.39 Å². The molecule has 1 aromatic rings. The Hall–Kier alpha value is -1.29. The Morgan fingerprint density at radius 3 is 2.50 bits per heavy atom. The largest absolute Gasteiger partial charge is 0.489 e. The number of halogens is 1. The van der Waals surface area contributed by atoms with Gasteiger partial charge in [-0.3, -0.25) is 0 Å². The molecule has 2 aliphatic rings. The van der Waals surface area contributed by atoms with Crippen LogP contribution in [0.3, 0.4) is 0 Å². The lowest BCUT2D eigenvalue weighted by atomic mass is 9.88. The molecular weight excluding hydrogens is 233 g/mol. The van der Waals surface area contributed by atoms with E-state index in [9.17, 15) is 4.39 Å². The fraction of sp³-hybridized carbons (Fsp3) is 0.571. The van der Waals surface area contributed by atoms with Gasteiger partial charge < -0.3 is 15.2 Å². The smallest absolute Gasteiger partial charge is 0.197 e. The lowest BCUT2D eigenvalue weighted by Gasteiger charge is -2.23. The lowest BCUT2D eigenvalue weighted by Crippen LogP contribution is -2.32. The molecule has 1 aliphatic heterocycles. The zero-order valence-corrected chi connectivity index (χ0v) is 10.5. The third-order valence-corrected chi connectivity index (χ3v) is 4.04. The van der Waals surface area contributed by atoms with Crippen LogP contribution in [-0.4, -0.2) is 19.3 Å². The molecule has 0 bridgehead atoms. The van der Waals surface area contributed by atoms with Crippen molar-refractivity contribution in [2.75, 3.05) is 13.2 Å². The summed E-state index contributed by atoms with van der Waals surface area (Å²) in [5.41, 5.74) is 7.04. The normalized spacial score (nSPS) is 22.2. The van der Waals surface area contributed by atoms with Gasteiger partial charge in [0.25, 0.3) is 0 Å². The molecule has 0 radical (unpaired) electrons. The molecule has 1 unspecified atom stereocenters. The Morgan fingerprint density at radius 2 is 1.89 bits per heavy atom. The van der Waals surface area contributed by atoms with Crippen LogP contribution < -0.4 is 15.2 Å². The van der Waals surface area contributed by atoms with Gasteiger partial charge in [-0.1, -0.05) is 6.07 Å². The van der Waals surface area contributed by atoms with Crippen LogP contribution >= 0.6 is 0 Å². The van der Waals surface area contributed by atoms with Gasteiger partial charge >= 0.3 is 0 Å². The van der Waals surface area contributed by atoms with Crippen molar-refractivity contribution in [1.82, 2.24) is 0 Å². The van der Waals surface area contributed by atoms with E-state index in [0.29, 0.717) is 19.0 Å². The molecule has 1 aromatic carbocycles. The number of hydrogen-bond acceptors (Lipinski definition) is 3. The van der Waals surface area contributed by atoms with Crippen LogP contribution in [0.2, 0.25) is 0 Å². The topological polar surface area (TPSA) is 44.5 Å². The van der Waals surface area contributed by atoms with E-state index < -0.39 is 0 Å². The number of nitrogens with two attached hydrogens (primary N) is 1. The minimum Gasteiger partial charge on any atom is -0.489 e. The third-order valence-electron chi connectivity index (χ3n) is 4.04. The Bertz CT molecular complexity index is 469. The fourth-order valence-electron chi connectivity index (χ4n) is 2.72. The molecule has 1 heterocycles. The summed E-state index contributed by atoms with van der Waals surface area (Å²) in [5, 5.41) is 0. The third kappa shape index (κ3) is 1.67. The lowest BCUT2D eigenvalue weighted by molar-refractivity contribution is 0.291. The predicted octanol–water partition coefficient (Wildman–Crippen LogP) is 2.37. The highest BCUT2D eigenvalue weighted by molar-refractivity contribution is 5.54. The molecule has 2 N–H and O–H groups in total. The molecule has 0 saturated heterocycles. The Morgan fingerprint density at radius 1 is 1.22 bits per heavy atom. The van der Waals surface area contributed by atoms with Crippen LogP contribution in [-0.2, 0) is 5.41 Å². The molecule has 0 aromatic heterocycles. The van der Waals surface area contributed by atoms with Crippen LogP contribution in [0.5, 0.6) is 11.5 Å². The van der Waals surface area contributed by atoms with Crippen molar-refractivity contribution in [3.8, 4) is 11.5 Å². The first-order chi connectivity index (χ1) is 8.65. The maximum atomic E-state index is 13.8. The maximum Gasteiger partial charge on any atom is 0.197 e. The van der Waals surface area contributed by atoms with Crippen molar-refractivity contribution in [1.29, 1.82) is 0 Å². The molecule has 0 spiro atoms. The van der Waals surface area contributed by atoms with Crippen molar-refractivity contribution >= 4 is 0 Å². The van der Waals surface area contributed by atoms with Crippen molar-refractivity contribution in [3.05, 3.63) is 23.5 Å². The summed E-state index contributed by atoms with van der Waals surface area (Å²) >= 11 is 0. The quantitative estimate of drug-likeness (QED) is 0.877. The minimum absolute atomic E-state index is 0.0407. The Kier molecular flexibility index (Phi) is 2.70. The summed E-state index contributed by atoms with van der Waals surface area (Å²) in [5.74, 6) is 0.482. The first-order valence-corrected chi connectivity index (χ1v) is 6.49. The summed E-state index contributed by atoms with van der Waals surface area (Å²) in [4.78, 5) is 0. The van der Waals surface area contributed by atoms with Crippen LogP contribution in [0.4, 0.5) is 4.39 Å². The molecule has 0 amide bonds. The summed E-state index contributed by atoms with van der Waals surface area (Å²) < 4.78 is 25.0. The van der Waals surface area contributed by atoms with E-state index in [-0.39, 0.29) is 23.0 Å². The van der Waals surface area contributed by atoms with Gasteiger partial charge in [-0.2, -0.15) is 0 Å². The van der Waals surface area contributed by atoms with Crippen LogP contribution in [0.25, 0.3) is 0 Å². The van der Waals surface area contributed by atoms with Gasteiger partial charge in [0, 0.05) is 23.4 Å². The van der Waals surface area contributed by atoms with Crippen LogP contribution in [0.1, 0.15) is 31.7 Å². The molecule has 1 saturated carbocycles. The van der Waals surface area contributed by atoms with E-state index in [0.717, 1.165) is 24.8 Å².